The zero-order chi connectivity index (χ0) is 23.4. The van der Waals surface area contributed by atoms with Crippen molar-refractivity contribution in [3.8, 4) is 22.5 Å². The Labute approximate surface area is 199 Å². The molecular formula is C30H26N4. The number of nitrogens with zero attached hydrogens (tertiary/aromatic N) is 4. The molecule has 0 aliphatic heterocycles. The van der Waals surface area contributed by atoms with Gasteiger partial charge in [-0.1, -0.05) is 24.3 Å². The number of benzene rings is 2. The number of fused-ring (bicyclic) bond motifs is 2. The summed E-state index contributed by atoms with van der Waals surface area (Å²) >= 11 is 0. The summed E-state index contributed by atoms with van der Waals surface area (Å²) in [4.78, 5) is 8.94. The monoisotopic (exact) mass is 442 g/mol. The predicted molar refractivity (Wildman–Crippen MR) is 140 cm³/mol. The SMILES string of the molecule is Cc1c(C)n(-c2ccc(-c3ccc(-n4c(C)c(C)c5ncccc54)cc3)cc2)c2cnccc12. The molecule has 0 unspecified atom stereocenters. The molecule has 0 N–H and O–H groups in total. The molecule has 2 aromatic carbocycles. The van der Waals surface area contributed by atoms with E-state index in [1.807, 2.05) is 24.7 Å². The molecule has 4 heterocycles. The van der Waals surface area contributed by atoms with Gasteiger partial charge >= 0.3 is 0 Å². The molecule has 6 rings (SSSR count). The Morgan fingerprint density at radius 2 is 1.18 bits per heavy atom. The van der Waals surface area contributed by atoms with Crippen molar-refractivity contribution in [2.24, 2.45) is 0 Å². The van der Waals surface area contributed by atoms with Crippen LogP contribution in [0.25, 0.3) is 44.4 Å². The Morgan fingerprint density at radius 1 is 0.588 bits per heavy atom. The van der Waals surface area contributed by atoms with Gasteiger partial charge in [-0.05, 0) is 92.4 Å². The Hall–Kier alpha value is -4.18. The summed E-state index contributed by atoms with van der Waals surface area (Å²) in [7, 11) is 0. The summed E-state index contributed by atoms with van der Waals surface area (Å²) in [6.07, 6.45) is 5.68. The first kappa shape index (κ1) is 20.4. The molecule has 0 radical (unpaired) electrons. The van der Waals surface area contributed by atoms with Crippen LogP contribution < -0.4 is 0 Å². The summed E-state index contributed by atoms with van der Waals surface area (Å²) in [5, 5.41) is 1.26. The molecule has 0 aliphatic carbocycles. The second kappa shape index (κ2) is 7.70. The van der Waals surface area contributed by atoms with E-state index in [1.54, 1.807) is 0 Å². The van der Waals surface area contributed by atoms with Crippen molar-refractivity contribution >= 4 is 21.9 Å². The third-order valence-electron chi connectivity index (χ3n) is 7.17. The zero-order valence-electron chi connectivity index (χ0n) is 19.9. The van der Waals surface area contributed by atoms with Gasteiger partial charge in [0.1, 0.15) is 0 Å². The van der Waals surface area contributed by atoms with E-state index in [1.165, 1.54) is 39.0 Å². The average molecular weight is 443 g/mol. The summed E-state index contributed by atoms with van der Waals surface area (Å²) < 4.78 is 4.59. The van der Waals surface area contributed by atoms with Crippen molar-refractivity contribution in [1.29, 1.82) is 0 Å². The van der Waals surface area contributed by atoms with Crippen LogP contribution in [0.4, 0.5) is 0 Å². The van der Waals surface area contributed by atoms with Crippen LogP contribution in [0.2, 0.25) is 0 Å². The highest BCUT2D eigenvalue weighted by atomic mass is 15.0. The van der Waals surface area contributed by atoms with Crippen LogP contribution in [0.15, 0.2) is 85.3 Å². The van der Waals surface area contributed by atoms with Gasteiger partial charge in [0.2, 0.25) is 0 Å². The summed E-state index contributed by atoms with van der Waals surface area (Å²) in [5.41, 5.74) is 13.1. The van der Waals surface area contributed by atoms with Crippen LogP contribution >= 0.6 is 0 Å². The Morgan fingerprint density at radius 3 is 1.82 bits per heavy atom. The molecule has 6 aromatic rings. The highest BCUT2D eigenvalue weighted by Gasteiger charge is 2.14. The molecule has 0 spiro atoms. The van der Waals surface area contributed by atoms with E-state index in [4.69, 9.17) is 0 Å². The van der Waals surface area contributed by atoms with Gasteiger partial charge in [-0.3, -0.25) is 9.97 Å². The van der Waals surface area contributed by atoms with Gasteiger partial charge in [0.25, 0.3) is 0 Å². The lowest BCUT2D eigenvalue weighted by atomic mass is 10.0. The van der Waals surface area contributed by atoms with Crippen LogP contribution in [-0.2, 0) is 0 Å². The molecule has 0 fully saturated rings. The van der Waals surface area contributed by atoms with E-state index < -0.39 is 0 Å². The summed E-state index contributed by atoms with van der Waals surface area (Å²) in [6, 6.07) is 23.8. The second-order valence-corrected chi connectivity index (χ2v) is 8.95. The van der Waals surface area contributed by atoms with Gasteiger partial charge in [0.05, 0.1) is 22.7 Å². The van der Waals surface area contributed by atoms with E-state index in [0.717, 1.165) is 27.9 Å². The van der Waals surface area contributed by atoms with Crippen molar-refractivity contribution in [1.82, 2.24) is 19.1 Å². The summed E-state index contributed by atoms with van der Waals surface area (Å²) in [6.45, 7) is 8.65. The Bertz CT molecular complexity index is 1540. The van der Waals surface area contributed by atoms with Crippen molar-refractivity contribution in [2.75, 3.05) is 0 Å². The fraction of sp³-hybridized carbons (Fsp3) is 0.133. The number of rotatable bonds is 3. The molecule has 4 aromatic heterocycles. The normalized spacial score (nSPS) is 11.5. The molecule has 0 atom stereocenters. The molecule has 0 aliphatic rings. The second-order valence-electron chi connectivity index (χ2n) is 8.95. The minimum absolute atomic E-state index is 1.07. The van der Waals surface area contributed by atoms with Crippen LogP contribution in [0, 0.1) is 27.7 Å². The molecule has 166 valence electrons. The zero-order valence-corrected chi connectivity index (χ0v) is 19.9. The molecular weight excluding hydrogens is 416 g/mol. The predicted octanol–water partition coefficient (Wildman–Crippen LogP) is 7.27. The molecule has 4 heteroatoms. The topological polar surface area (TPSA) is 35.6 Å². The fourth-order valence-corrected chi connectivity index (χ4v) is 5.08. The first-order chi connectivity index (χ1) is 16.5. The molecule has 4 nitrogen and oxygen atoms in total. The van der Waals surface area contributed by atoms with E-state index in [0.29, 0.717) is 0 Å². The standard InChI is InChI=1S/C30H26N4/c1-19-21(3)34(29-18-31-17-15-27(19)29)26-13-9-24(10-14-26)23-7-11-25(12-8-23)33-22(4)20(2)30-28(33)6-5-16-32-30/h5-18H,1-4H3. The smallest absolute Gasteiger partial charge is 0.0916 e. The Kier molecular flexibility index (Phi) is 4.63. The molecule has 0 saturated heterocycles. The highest BCUT2D eigenvalue weighted by molar-refractivity contribution is 5.86. The van der Waals surface area contributed by atoms with Gasteiger partial charge in [-0.2, -0.15) is 0 Å². The van der Waals surface area contributed by atoms with Crippen LogP contribution in [0.3, 0.4) is 0 Å². The largest absolute Gasteiger partial charge is 0.312 e. The van der Waals surface area contributed by atoms with Gasteiger partial charge in [0.15, 0.2) is 0 Å². The third-order valence-corrected chi connectivity index (χ3v) is 7.17. The molecule has 0 bridgehead atoms. The van der Waals surface area contributed by atoms with Gasteiger partial charge in [-0.25, -0.2) is 0 Å². The fourth-order valence-electron chi connectivity index (χ4n) is 5.08. The lowest BCUT2D eigenvalue weighted by Crippen LogP contribution is -1.97. The third kappa shape index (κ3) is 2.99. The molecule has 0 saturated carbocycles. The number of hydrogen-bond acceptors (Lipinski definition) is 2. The maximum absolute atomic E-state index is 4.59. The van der Waals surface area contributed by atoms with Crippen molar-refractivity contribution in [2.45, 2.75) is 27.7 Å². The van der Waals surface area contributed by atoms with E-state index in [2.05, 4.69) is 107 Å². The first-order valence-corrected chi connectivity index (χ1v) is 11.6. The Balaban J connectivity index is 1.36. The maximum atomic E-state index is 4.59. The number of aromatic nitrogens is 4. The maximum Gasteiger partial charge on any atom is 0.0916 e. The first-order valence-electron chi connectivity index (χ1n) is 11.6. The lowest BCUT2D eigenvalue weighted by Gasteiger charge is -2.12. The quantitative estimate of drug-likeness (QED) is 0.289. The minimum atomic E-state index is 1.07. The average Bonchev–Trinajstić information content (AvgIpc) is 3.29. The van der Waals surface area contributed by atoms with Crippen LogP contribution in [-0.4, -0.2) is 19.1 Å². The minimum Gasteiger partial charge on any atom is -0.312 e. The van der Waals surface area contributed by atoms with Gasteiger partial charge < -0.3 is 9.13 Å². The van der Waals surface area contributed by atoms with Crippen molar-refractivity contribution in [3.05, 3.63) is 108 Å². The van der Waals surface area contributed by atoms with Crippen LogP contribution in [0.1, 0.15) is 22.5 Å². The number of pyridine rings is 2. The van der Waals surface area contributed by atoms with Gasteiger partial charge in [0, 0.05) is 40.5 Å². The molecule has 0 amide bonds. The number of aryl methyl sites for hydroxylation is 2. The summed E-state index contributed by atoms with van der Waals surface area (Å²) in [5.74, 6) is 0. The highest BCUT2D eigenvalue weighted by Crippen LogP contribution is 2.31. The van der Waals surface area contributed by atoms with E-state index >= 15 is 0 Å². The number of hydrogen-bond donors (Lipinski definition) is 0. The van der Waals surface area contributed by atoms with Gasteiger partial charge in [-0.15, -0.1) is 0 Å². The van der Waals surface area contributed by atoms with Crippen molar-refractivity contribution in [3.63, 3.8) is 0 Å². The molecule has 34 heavy (non-hydrogen) atoms. The van der Waals surface area contributed by atoms with Crippen molar-refractivity contribution < 1.29 is 0 Å². The van der Waals surface area contributed by atoms with E-state index in [9.17, 15) is 0 Å². The van der Waals surface area contributed by atoms with Crippen LogP contribution in [0.5, 0.6) is 0 Å². The lowest BCUT2D eigenvalue weighted by molar-refractivity contribution is 1.04. The van der Waals surface area contributed by atoms with E-state index in [-0.39, 0.29) is 0 Å².